The van der Waals surface area contributed by atoms with Crippen molar-refractivity contribution in [2.24, 2.45) is 5.92 Å². The molecule has 0 saturated heterocycles. The molecule has 82 valence electrons. The first-order valence-corrected chi connectivity index (χ1v) is 6.05. The molecule has 0 spiro atoms. The molecule has 1 nitrogen and oxygen atoms in total. The van der Waals surface area contributed by atoms with Gasteiger partial charge in [0.1, 0.15) is 0 Å². The standard InChI is InChI=1S/C14H21N/c1-11(2)8-9-15-14-10-13(14)12-6-4-3-5-7-12/h3-7,11,13-15H,8-10H2,1-2H3. The normalized spacial score (nSPS) is 24.5. The average molecular weight is 203 g/mol. The minimum Gasteiger partial charge on any atom is -0.313 e. The van der Waals surface area contributed by atoms with Crippen LogP contribution in [0.15, 0.2) is 30.3 Å². The zero-order valence-electron chi connectivity index (χ0n) is 9.74. The van der Waals surface area contributed by atoms with Gasteiger partial charge in [-0.2, -0.15) is 0 Å². The van der Waals surface area contributed by atoms with Gasteiger partial charge in [-0.05, 0) is 30.9 Å². The fourth-order valence-corrected chi connectivity index (χ4v) is 2.05. The molecule has 1 heteroatoms. The summed E-state index contributed by atoms with van der Waals surface area (Å²) in [5.41, 5.74) is 1.50. The molecule has 0 aromatic heterocycles. The van der Waals surface area contributed by atoms with Gasteiger partial charge in [-0.25, -0.2) is 0 Å². The summed E-state index contributed by atoms with van der Waals surface area (Å²) in [6.07, 6.45) is 2.61. The molecule has 1 saturated carbocycles. The maximum absolute atomic E-state index is 3.64. The van der Waals surface area contributed by atoms with Crippen LogP contribution in [0.25, 0.3) is 0 Å². The highest BCUT2D eigenvalue weighted by molar-refractivity contribution is 5.27. The Bertz CT molecular complexity index is 291. The molecule has 1 fully saturated rings. The van der Waals surface area contributed by atoms with Crippen molar-refractivity contribution in [2.75, 3.05) is 6.54 Å². The van der Waals surface area contributed by atoms with Crippen LogP contribution in [0.1, 0.15) is 38.2 Å². The van der Waals surface area contributed by atoms with Gasteiger partial charge in [-0.15, -0.1) is 0 Å². The van der Waals surface area contributed by atoms with E-state index >= 15 is 0 Å². The van der Waals surface area contributed by atoms with E-state index < -0.39 is 0 Å². The van der Waals surface area contributed by atoms with E-state index in [4.69, 9.17) is 0 Å². The van der Waals surface area contributed by atoms with E-state index in [1.165, 1.54) is 24.9 Å². The molecule has 0 bridgehead atoms. The summed E-state index contributed by atoms with van der Waals surface area (Å²) in [6, 6.07) is 11.6. The lowest BCUT2D eigenvalue weighted by atomic mass is 10.1. The zero-order chi connectivity index (χ0) is 10.7. The second-order valence-electron chi connectivity index (χ2n) is 5.00. The first-order valence-electron chi connectivity index (χ1n) is 6.05. The van der Waals surface area contributed by atoms with Crippen molar-refractivity contribution < 1.29 is 0 Å². The van der Waals surface area contributed by atoms with E-state index in [9.17, 15) is 0 Å². The Morgan fingerprint density at radius 2 is 2.00 bits per heavy atom. The summed E-state index contributed by atoms with van der Waals surface area (Å²) in [4.78, 5) is 0. The highest BCUT2D eigenvalue weighted by atomic mass is 15.0. The molecule has 0 radical (unpaired) electrons. The van der Waals surface area contributed by atoms with E-state index in [-0.39, 0.29) is 0 Å². The van der Waals surface area contributed by atoms with Crippen molar-refractivity contribution in [3.63, 3.8) is 0 Å². The van der Waals surface area contributed by atoms with Gasteiger partial charge < -0.3 is 5.32 Å². The predicted octanol–water partition coefficient (Wildman–Crippen LogP) is 3.18. The zero-order valence-corrected chi connectivity index (χ0v) is 9.74. The molecule has 2 unspecified atom stereocenters. The Hall–Kier alpha value is -0.820. The number of nitrogens with one attached hydrogen (secondary N) is 1. The van der Waals surface area contributed by atoms with Crippen LogP contribution in [0.4, 0.5) is 0 Å². The summed E-state index contributed by atoms with van der Waals surface area (Å²) in [5.74, 6) is 1.59. The fraction of sp³-hybridized carbons (Fsp3) is 0.571. The second-order valence-corrected chi connectivity index (χ2v) is 5.00. The minimum absolute atomic E-state index is 0.742. The molecular weight excluding hydrogens is 182 g/mol. The van der Waals surface area contributed by atoms with Gasteiger partial charge >= 0.3 is 0 Å². The third-order valence-corrected chi connectivity index (χ3v) is 3.15. The molecule has 1 aromatic carbocycles. The van der Waals surface area contributed by atoms with Crippen LogP contribution in [-0.2, 0) is 0 Å². The molecule has 2 atom stereocenters. The molecule has 1 aromatic rings. The number of rotatable bonds is 5. The van der Waals surface area contributed by atoms with Crippen LogP contribution in [0.2, 0.25) is 0 Å². The van der Waals surface area contributed by atoms with E-state index in [0.29, 0.717) is 0 Å². The molecular formula is C14H21N. The van der Waals surface area contributed by atoms with Gasteiger partial charge in [0.05, 0.1) is 0 Å². The SMILES string of the molecule is CC(C)CCNC1CC1c1ccccc1. The van der Waals surface area contributed by atoms with Gasteiger partial charge in [-0.1, -0.05) is 44.2 Å². The Morgan fingerprint density at radius 3 is 2.67 bits per heavy atom. The number of hydrogen-bond acceptors (Lipinski definition) is 1. The van der Waals surface area contributed by atoms with Crippen molar-refractivity contribution in [1.29, 1.82) is 0 Å². The fourth-order valence-electron chi connectivity index (χ4n) is 2.05. The average Bonchev–Trinajstić information content (AvgIpc) is 2.98. The Morgan fingerprint density at radius 1 is 1.27 bits per heavy atom. The molecule has 1 aliphatic carbocycles. The maximum Gasteiger partial charge on any atom is 0.0143 e. The largest absolute Gasteiger partial charge is 0.313 e. The van der Waals surface area contributed by atoms with E-state index in [0.717, 1.165) is 17.9 Å². The summed E-state index contributed by atoms with van der Waals surface area (Å²) in [7, 11) is 0. The summed E-state index contributed by atoms with van der Waals surface area (Å²) < 4.78 is 0. The Labute approximate surface area is 92.9 Å². The van der Waals surface area contributed by atoms with E-state index in [2.05, 4.69) is 49.5 Å². The Kier molecular flexibility index (Phi) is 3.42. The maximum atomic E-state index is 3.64. The molecule has 15 heavy (non-hydrogen) atoms. The molecule has 1 aliphatic rings. The predicted molar refractivity (Wildman–Crippen MR) is 65.0 cm³/mol. The highest BCUT2D eigenvalue weighted by Crippen LogP contribution is 2.40. The van der Waals surface area contributed by atoms with Gasteiger partial charge in [0.25, 0.3) is 0 Å². The highest BCUT2D eigenvalue weighted by Gasteiger charge is 2.37. The van der Waals surface area contributed by atoms with E-state index in [1.807, 2.05) is 0 Å². The second kappa shape index (κ2) is 4.80. The van der Waals surface area contributed by atoms with Gasteiger partial charge in [0.2, 0.25) is 0 Å². The summed E-state index contributed by atoms with van der Waals surface area (Å²) >= 11 is 0. The van der Waals surface area contributed by atoms with Crippen LogP contribution in [0.3, 0.4) is 0 Å². The number of hydrogen-bond donors (Lipinski definition) is 1. The minimum atomic E-state index is 0.742. The molecule has 0 aliphatic heterocycles. The van der Waals surface area contributed by atoms with Crippen LogP contribution in [-0.4, -0.2) is 12.6 Å². The van der Waals surface area contributed by atoms with Crippen molar-refractivity contribution >= 4 is 0 Å². The lowest BCUT2D eigenvalue weighted by molar-refractivity contribution is 0.533. The Balaban J connectivity index is 1.72. The van der Waals surface area contributed by atoms with Crippen molar-refractivity contribution in [1.82, 2.24) is 5.32 Å². The lowest BCUT2D eigenvalue weighted by Crippen LogP contribution is -2.20. The van der Waals surface area contributed by atoms with Crippen molar-refractivity contribution in [3.05, 3.63) is 35.9 Å². The molecule has 1 N–H and O–H groups in total. The van der Waals surface area contributed by atoms with Crippen LogP contribution in [0.5, 0.6) is 0 Å². The van der Waals surface area contributed by atoms with Gasteiger partial charge in [-0.3, -0.25) is 0 Å². The van der Waals surface area contributed by atoms with Crippen molar-refractivity contribution in [2.45, 2.75) is 38.6 Å². The van der Waals surface area contributed by atoms with E-state index in [1.54, 1.807) is 0 Å². The van der Waals surface area contributed by atoms with Crippen molar-refractivity contribution in [3.8, 4) is 0 Å². The topological polar surface area (TPSA) is 12.0 Å². The summed E-state index contributed by atoms with van der Waals surface area (Å²) in [6.45, 7) is 5.73. The van der Waals surface area contributed by atoms with Crippen LogP contribution < -0.4 is 5.32 Å². The lowest BCUT2D eigenvalue weighted by Gasteiger charge is -2.06. The van der Waals surface area contributed by atoms with Crippen LogP contribution in [0, 0.1) is 5.92 Å². The quantitative estimate of drug-likeness (QED) is 0.775. The van der Waals surface area contributed by atoms with Gasteiger partial charge in [0.15, 0.2) is 0 Å². The molecule has 0 heterocycles. The summed E-state index contributed by atoms with van der Waals surface area (Å²) in [5, 5.41) is 3.64. The third-order valence-electron chi connectivity index (χ3n) is 3.15. The molecule has 2 rings (SSSR count). The third kappa shape index (κ3) is 3.07. The first-order chi connectivity index (χ1) is 7.27. The smallest absolute Gasteiger partial charge is 0.0143 e. The monoisotopic (exact) mass is 203 g/mol. The molecule has 0 amide bonds. The van der Waals surface area contributed by atoms with Crippen LogP contribution >= 0.6 is 0 Å². The first kappa shape index (κ1) is 10.7. The van der Waals surface area contributed by atoms with Gasteiger partial charge in [0, 0.05) is 12.0 Å². The number of benzene rings is 1.